The molecule has 1 saturated heterocycles. The minimum atomic E-state index is -1.05. The number of amides is 3. The average molecular weight is 693 g/mol. The fourth-order valence-electron chi connectivity index (χ4n) is 6.51. The molecule has 3 aliphatic rings. The van der Waals surface area contributed by atoms with E-state index in [1.165, 1.54) is 11.8 Å². The largest absolute Gasteiger partial charge is 0.491 e. The van der Waals surface area contributed by atoms with E-state index in [0.717, 1.165) is 24.0 Å². The Kier molecular flexibility index (Phi) is 11.4. The Morgan fingerprint density at radius 1 is 1.10 bits per heavy atom. The van der Waals surface area contributed by atoms with Gasteiger partial charge < -0.3 is 29.9 Å². The molecule has 12 heteroatoms. The summed E-state index contributed by atoms with van der Waals surface area (Å²) >= 11 is 6.24. The summed E-state index contributed by atoms with van der Waals surface area (Å²) in [5, 5.41) is 10.4. The second-order valence-electron chi connectivity index (χ2n) is 13.8. The van der Waals surface area contributed by atoms with Crippen molar-refractivity contribution in [3.63, 3.8) is 0 Å². The number of nitrogens with zero attached hydrogens (tertiary/aromatic N) is 2. The van der Waals surface area contributed by atoms with Crippen molar-refractivity contribution in [2.24, 2.45) is 11.1 Å². The smallest absolute Gasteiger partial charge is 0.289 e. The zero-order valence-electron chi connectivity index (χ0n) is 28.5. The van der Waals surface area contributed by atoms with Gasteiger partial charge in [0.15, 0.2) is 5.60 Å². The maximum absolute atomic E-state index is 14.5. The van der Waals surface area contributed by atoms with Crippen LogP contribution in [0.25, 0.3) is 0 Å². The van der Waals surface area contributed by atoms with Crippen molar-refractivity contribution in [2.75, 3.05) is 6.54 Å². The molecular formula is C37H45ClN4O7. The topological polar surface area (TPSA) is 143 Å². The molecule has 0 unspecified atom stereocenters. The predicted octanol–water partition coefficient (Wildman–Crippen LogP) is 4.56. The van der Waals surface area contributed by atoms with Crippen molar-refractivity contribution in [1.29, 1.82) is 0 Å². The van der Waals surface area contributed by atoms with E-state index in [0.29, 0.717) is 29.3 Å². The number of hydrogen-bond donors (Lipinski definition) is 2. The fourth-order valence-corrected chi connectivity index (χ4v) is 6.70. The lowest BCUT2D eigenvalue weighted by atomic mass is 9.91. The Hall–Kier alpha value is -4.25. The normalized spacial score (nSPS) is 21.1. The number of likely N-dealkylation sites (tertiary alicyclic amines) is 1. The van der Waals surface area contributed by atoms with Gasteiger partial charge in [0.25, 0.3) is 5.91 Å². The van der Waals surface area contributed by atoms with Crippen molar-refractivity contribution in [2.45, 2.75) is 109 Å². The molecule has 262 valence electrons. The van der Waals surface area contributed by atoms with Crippen LogP contribution in [0.5, 0.6) is 5.75 Å². The van der Waals surface area contributed by atoms with Crippen molar-refractivity contribution >= 4 is 46.6 Å². The number of oxime groups is 1. The van der Waals surface area contributed by atoms with Gasteiger partial charge in [-0.25, -0.2) is 0 Å². The molecule has 4 atom stereocenters. The zero-order valence-corrected chi connectivity index (χ0v) is 29.3. The van der Waals surface area contributed by atoms with Crippen LogP contribution in [0.15, 0.2) is 53.7 Å². The minimum absolute atomic E-state index is 0.00411. The summed E-state index contributed by atoms with van der Waals surface area (Å²) in [7, 11) is 0. The molecule has 5 rings (SSSR count). The Morgan fingerprint density at radius 3 is 2.47 bits per heavy atom. The third kappa shape index (κ3) is 9.26. The summed E-state index contributed by atoms with van der Waals surface area (Å²) < 4.78 is 5.76. The van der Waals surface area contributed by atoms with E-state index in [1.54, 1.807) is 12.1 Å². The first-order chi connectivity index (χ1) is 23.4. The second-order valence-corrected chi connectivity index (χ2v) is 14.2. The van der Waals surface area contributed by atoms with E-state index in [2.05, 4.69) is 15.8 Å². The van der Waals surface area contributed by atoms with Gasteiger partial charge in [-0.05, 0) is 76.3 Å². The van der Waals surface area contributed by atoms with E-state index < -0.39 is 41.2 Å². The highest BCUT2D eigenvalue weighted by Crippen LogP contribution is 2.40. The molecule has 2 N–H and O–H groups in total. The SMILES string of the molecule is CCC[C@H](NC(=O)[C@@H]1C[C@]2(CC(c3cccc(Cl)c3)=NO2)CN1C(=O)[C@@H](CC(C)=O)Cc1ccc(OC(C)C)cc1)C(=O)C(=O)NC1CC1. The summed E-state index contributed by atoms with van der Waals surface area (Å²) in [5.41, 5.74) is 1.23. The molecule has 1 saturated carbocycles. The molecule has 2 aliphatic heterocycles. The lowest BCUT2D eigenvalue weighted by Crippen LogP contribution is -2.54. The van der Waals surface area contributed by atoms with E-state index >= 15 is 0 Å². The molecule has 2 aromatic rings. The molecule has 1 aliphatic carbocycles. The summed E-state index contributed by atoms with van der Waals surface area (Å²) in [6.07, 6.45) is 3.12. The van der Waals surface area contributed by atoms with Gasteiger partial charge in [-0.2, -0.15) is 0 Å². The number of benzene rings is 2. The number of ketones is 2. The van der Waals surface area contributed by atoms with Crippen LogP contribution in [0.1, 0.15) is 83.8 Å². The molecule has 11 nitrogen and oxygen atoms in total. The average Bonchev–Trinajstić information content (AvgIpc) is 3.65. The van der Waals surface area contributed by atoms with Gasteiger partial charge in [-0.15, -0.1) is 0 Å². The van der Waals surface area contributed by atoms with Crippen molar-refractivity contribution < 1.29 is 33.5 Å². The van der Waals surface area contributed by atoms with Gasteiger partial charge >= 0.3 is 0 Å². The Balaban J connectivity index is 1.40. The second kappa shape index (κ2) is 15.5. The van der Waals surface area contributed by atoms with Crippen LogP contribution in [0, 0.1) is 5.92 Å². The number of rotatable bonds is 15. The van der Waals surface area contributed by atoms with Crippen LogP contribution >= 0.6 is 11.6 Å². The summed E-state index contributed by atoms with van der Waals surface area (Å²) in [4.78, 5) is 74.3. The van der Waals surface area contributed by atoms with Crippen molar-refractivity contribution in [3.05, 3.63) is 64.7 Å². The Morgan fingerprint density at radius 2 is 1.84 bits per heavy atom. The third-order valence-electron chi connectivity index (χ3n) is 8.99. The first-order valence-electron chi connectivity index (χ1n) is 17.1. The van der Waals surface area contributed by atoms with Crippen molar-refractivity contribution in [3.8, 4) is 5.75 Å². The molecule has 0 bridgehead atoms. The number of Topliss-reactive ketones (excluding diaryl/α,β-unsaturated/α-hetero) is 2. The van der Waals surface area contributed by atoms with Gasteiger partial charge in [0.1, 0.15) is 17.6 Å². The van der Waals surface area contributed by atoms with Crippen molar-refractivity contribution in [1.82, 2.24) is 15.5 Å². The molecule has 2 heterocycles. The molecule has 0 aromatic heterocycles. The van der Waals surface area contributed by atoms with Gasteiger partial charge in [-0.1, -0.05) is 54.4 Å². The maximum atomic E-state index is 14.5. The predicted molar refractivity (Wildman–Crippen MR) is 184 cm³/mol. The summed E-state index contributed by atoms with van der Waals surface area (Å²) in [5.74, 6) is -2.59. The number of carbonyl (C=O) groups excluding carboxylic acids is 5. The number of halogens is 1. The number of hydrogen-bond acceptors (Lipinski definition) is 8. The number of nitrogens with one attached hydrogen (secondary N) is 2. The molecular weight excluding hydrogens is 648 g/mol. The Labute approximate surface area is 292 Å². The third-order valence-corrected chi connectivity index (χ3v) is 9.22. The van der Waals surface area contributed by atoms with Crippen LogP contribution in [0.2, 0.25) is 5.02 Å². The van der Waals surface area contributed by atoms with Crippen LogP contribution < -0.4 is 15.4 Å². The van der Waals surface area contributed by atoms with Gasteiger partial charge in [0, 0.05) is 41.8 Å². The molecule has 0 radical (unpaired) electrons. The first kappa shape index (κ1) is 36.0. The highest BCUT2D eigenvalue weighted by Gasteiger charge is 2.54. The van der Waals surface area contributed by atoms with E-state index in [4.69, 9.17) is 21.2 Å². The van der Waals surface area contributed by atoms with Gasteiger partial charge in [-0.3, -0.25) is 19.2 Å². The molecule has 1 spiro atoms. The summed E-state index contributed by atoms with van der Waals surface area (Å²) in [6.45, 7) is 7.22. The summed E-state index contributed by atoms with van der Waals surface area (Å²) in [6, 6.07) is 12.5. The number of ether oxygens (including phenoxy) is 1. The maximum Gasteiger partial charge on any atom is 0.289 e. The van der Waals surface area contributed by atoms with Gasteiger partial charge in [0.05, 0.1) is 24.4 Å². The van der Waals surface area contributed by atoms with Crippen LogP contribution in [-0.4, -0.2) is 76.3 Å². The highest BCUT2D eigenvalue weighted by atomic mass is 35.5. The standard InChI is InChI=1S/C37H45ClN4O7/c1-5-7-30(33(44)35(46)39-28-12-13-28)40-34(45)32-20-37(19-31(41-49-37)25-8-6-9-27(38)18-25)21-42(32)36(47)26(16-23(4)43)17-24-10-14-29(15-11-24)48-22(2)3/h6,8-11,14-15,18,22,26,28,30,32H,5,7,12-13,16-17,19-21H2,1-4H3,(H,39,46)(H,40,45)/t26-,30-,32-,37+/m0/s1. The highest BCUT2D eigenvalue weighted by molar-refractivity contribution is 6.38. The fraction of sp³-hybridized carbons (Fsp3) is 0.514. The quantitative estimate of drug-likeness (QED) is 0.261. The van der Waals surface area contributed by atoms with Crippen LogP contribution in [0.4, 0.5) is 0 Å². The van der Waals surface area contributed by atoms with Crippen LogP contribution in [-0.2, 0) is 35.2 Å². The van der Waals surface area contributed by atoms with Gasteiger partial charge in [0.2, 0.25) is 17.6 Å². The van der Waals surface area contributed by atoms with Crippen LogP contribution in [0.3, 0.4) is 0 Å². The first-order valence-corrected chi connectivity index (χ1v) is 17.5. The van der Waals surface area contributed by atoms with E-state index in [1.807, 2.05) is 57.2 Å². The van der Waals surface area contributed by atoms with E-state index in [-0.39, 0.29) is 56.1 Å². The minimum Gasteiger partial charge on any atom is -0.491 e. The number of carbonyl (C=O) groups is 5. The molecule has 3 amide bonds. The Bertz CT molecular complexity index is 1610. The zero-order chi connectivity index (χ0) is 35.3. The molecule has 2 fully saturated rings. The monoisotopic (exact) mass is 692 g/mol. The van der Waals surface area contributed by atoms with E-state index in [9.17, 15) is 24.0 Å². The lowest BCUT2D eigenvalue weighted by molar-refractivity contribution is -0.144. The molecule has 49 heavy (non-hydrogen) atoms. The lowest BCUT2D eigenvalue weighted by Gasteiger charge is -2.29. The molecule has 2 aromatic carbocycles.